The Bertz CT molecular complexity index is 729. The molecule has 5 nitrogen and oxygen atoms in total. The summed E-state index contributed by atoms with van der Waals surface area (Å²) < 4.78 is 0. The van der Waals surface area contributed by atoms with Crippen molar-refractivity contribution in [1.82, 2.24) is 15.6 Å². The monoisotopic (exact) mass is 321 g/mol. The zero-order valence-corrected chi connectivity index (χ0v) is 13.9. The average Bonchev–Trinajstić information content (AvgIpc) is 2.71. The quantitative estimate of drug-likeness (QED) is 0.813. The van der Waals surface area contributed by atoms with E-state index >= 15 is 0 Å². The topological polar surface area (TPSA) is 74.0 Å². The predicted octanol–water partition coefficient (Wildman–Crippen LogP) is 2.77. The summed E-state index contributed by atoms with van der Waals surface area (Å²) in [6, 6.07) is 5.73. The van der Waals surface area contributed by atoms with E-state index in [9.17, 15) is 9.59 Å². The van der Waals surface area contributed by atoms with Crippen molar-refractivity contribution in [2.45, 2.75) is 33.2 Å². The number of nitrogens with one attached hydrogen (secondary N) is 3. The van der Waals surface area contributed by atoms with Crippen LogP contribution in [-0.2, 0) is 4.79 Å². The fourth-order valence-corrected chi connectivity index (χ4v) is 2.43. The van der Waals surface area contributed by atoms with Gasteiger partial charge in [0.15, 0.2) is 0 Å². The number of aromatic nitrogens is 1. The summed E-state index contributed by atoms with van der Waals surface area (Å²) in [6.45, 7) is 7.50. The zero-order chi connectivity index (χ0) is 16.5. The molecule has 0 atom stereocenters. The fraction of sp³-hybridized carbons (Fsp3) is 0.375. The number of H-pyrrole nitrogens is 1. The van der Waals surface area contributed by atoms with Crippen LogP contribution in [0.1, 0.15) is 36.8 Å². The Morgan fingerprint density at radius 3 is 2.59 bits per heavy atom. The molecule has 0 saturated carbocycles. The standard InChI is InChI=1S/C16H20ClN3O2/c1-9-5-6-11-10(7-9)13(17)14(19-11)15(22)18-8-12(21)20-16(2,3)4/h5-7,19H,8H2,1-4H3,(H,18,22)(H,20,21). The first kappa shape index (κ1) is 16.4. The number of carbonyl (C=O) groups is 2. The highest BCUT2D eigenvalue weighted by atomic mass is 35.5. The van der Waals surface area contributed by atoms with E-state index in [0.717, 1.165) is 16.5 Å². The van der Waals surface area contributed by atoms with Gasteiger partial charge in [0.25, 0.3) is 5.91 Å². The molecular formula is C16H20ClN3O2. The lowest BCUT2D eigenvalue weighted by molar-refractivity contribution is -0.121. The summed E-state index contributed by atoms with van der Waals surface area (Å²) >= 11 is 6.25. The molecule has 0 aliphatic carbocycles. The molecule has 22 heavy (non-hydrogen) atoms. The molecule has 0 unspecified atom stereocenters. The van der Waals surface area contributed by atoms with Crippen molar-refractivity contribution in [3.8, 4) is 0 Å². The van der Waals surface area contributed by atoms with Crippen molar-refractivity contribution in [3.05, 3.63) is 34.5 Å². The summed E-state index contributed by atoms with van der Waals surface area (Å²) in [7, 11) is 0. The van der Waals surface area contributed by atoms with Crippen molar-refractivity contribution in [2.75, 3.05) is 6.54 Å². The molecule has 1 heterocycles. The number of benzene rings is 1. The van der Waals surface area contributed by atoms with Crippen molar-refractivity contribution >= 4 is 34.3 Å². The minimum absolute atomic E-state index is 0.0964. The van der Waals surface area contributed by atoms with Gasteiger partial charge in [-0.3, -0.25) is 9.59 Å². The van der Waals surface area contributed by atoms with Gasteiger partial charge in [0.05, 0.1) is 11.6 Å². The summed E-state index contributed by atoms with van der Waals surface area (Å²) in [5, 5.41) is 6.51. The molecule has 2 amide bonds. The average molecular weight is 322 g/mol. The zero-order valence-electron chi connectivity index (χ0n) is 13.1. The number of hydrogen-bond donors (Lipinski definition) is 3. The van der Waals surface area contributed by atoms with Gasteiger partial charge in [-0.2, -0.15) is 0 Å². The number of carbonyl (C=O) groups excluding carboxylic acids is 2. The van der Waals surface area contributed by atoms with Crippen LogP contribution >= 0.6 is 11.6 Å². The van der Waals surface area contributed by atoms with E-state index < -0.39 is 5.91 Å². The van der Waals surface area contributed by atoms with Crippen LogP contribution in [0.2, 0.25) is 5.02 Å². The van der Waals surface area contributed by atoms with E-state index in [1.807, 2.05) is 45.9 Å². The largest absolute Gasteiger partial charge is 0.350 e. The molecule has 1 aromatic carbocycles. The minimum atomic E-state index is -0.400. The van der Waals surface area contributed by atoms with Gasteiger partial charge in [0.2, 0.25) is 5.91 Å². The van der Waals surface area contributed by atoms with Crippen LogP contribution in [-0.4, -0.2) is 28.9 Å². The van der Waals surface area contributed by atoms with E-state index in [-0.39, 0.29) is 23.7 Å². The number of hydrogen-bond acceptors (Lipinski definition) is 2. The van der Waals surface area contributed by atoms with Crippen molar-refractivity contribution in [2.24, 2.45) is 0 Å². The van der Waals surface area contributed by atoms with E-state index in [4.69, 9.17) is 11.6 Å². The number of halogens is 1. The SMILES string of the molecule is Cc1ccc2[nH]c(C(=O)NCC(=O)NC(C)(C)C)c(Cl)c2c1. The molecule has 2 aromatic rings. The maximum atomic E-state index is 12.2. The second-order valence-electron chi connectivity index (χ2n) is 6.34. The second-order valence-corrected chi connectivity index (χ2v) is 6.72. The van der Waals surface area contributed by atoms with Crippen molar-refractivity contribution in [1.29, 1.82) is 0 Å². The van der Waals surface area contributed by atoms with E-state index in [1.54, 1.807) is 0 Å². The molecule has 0 aliphatic heterocycles. The fourth-order valence-electron chi connectivity index (χ4n) is 2.14. The molecule has 0 fully saturated rings. The molecule has 0 aliphatic rings. The molecule has 6 heteroatoms. The highest BCUT2D eigenvalue weighted by molar-refractivity contribution is 6.38. The predicted molar refractivity (Wildman–Crippen MR) is 88.3 cm³/mol. The Morgan fingerprint density at radius 1 is 1.27 bits per heavy atom. The van der Waals surface area contributed by atoms with Gasteiger partial charge in [0.1, 0.15) is 5.69 Å². The summed E-state index contributed by atoms with van der Waals surface area (Å²) in [4.78, 5) is 26.9. The first-order valence-electron chi connectivity index (χ1n) is 7.04. The van der Waals surface area contributed by atoms with Gasteiger partial charge in [-0.15, -0.1) is 0 Å². The van der Waals surface area contributed by atoms with Crippen LogP contribution in [0.25, 0.3) is 10.9 Å². The molecule has 118 valence electrons. The van der Waals surface area contributed by atoms with Gasteiger partial charge in [-0.05, 0) is 39.8 Å². The molecule has 0 spiro atoms. The molecule has 2 rings (SSSR count). The van der Waals surface area contributed by atoms with Gasteiger partial charge in [-0.1, -0.05) is 23.2 Å². The Morgan fingerprint density at radius 2 is 1.95 bits per heavy atom. The number of aryl methyl sites for hydroxylation is 1. The maximum absolute atomic E-state index is 12.2. The number of amides is 2. The Labute approximate surface area is 134 Å². The third-order valence-electron chi connectivity index (χ3n) is 3.04. The van der Waals surface area contributed by atoms with Crippen LogP contribution in [0.5, 0.6) is 0 Å². The van der Waals surface area contributed by atoms with Crippen LogP contribution in [0.3, 0.4) is 0 Å². The third kappa shape index (κ3) is 3.80. The molecular weight excluding hydrogens is 302 g/mol. The molecule has 0 bridgehead atoms. The number of fused-ring (bicyclic) bond motifs is 1. The van der Waals surface area contributed by atoms with Crippen LogP contribution in [0.15, 0.2) is 18.2 Å². The second kappa shape index (κ2) is 6.01. The summed E-state index contributed by atoms with van der Waals surface area (Å²) in [5.74, 6) is -0.646. The van der Waals surface area contributed by atoms with Gasteiger partial charge < -0.3 is 15.6 Å². The molecule has 0 saturated heterocycles. The first-order valence-corrected chi connectivity index (χ1v) is 7.42. The maximum Gasteiger partial charge on any atom is 0.269 e. The van der Waals surface area contributed by atoms with Crippen molar-refractivity contribution in [3.63, 3.8) is 0 Å². The first-order chi connectivity index (χ1) is 10.2. The number of aromatic amines is 1. The Balaban J connectivity index is 2.10. The minimum Gasteiger partial charge on any atom is -0.350 e. The summed E-state index contributed by atoms with van der Waals surface area (Å²) in [5.41, 5.74) is 1.79. The highest BCUT2D eigenvalue weighted by Crippen LogP contribution is 2.28. The van der Waals surface area contributed by atoms with Crippen LogP contribution in [0.4, 0.5) is 0 Å². The van der Waals surface area contributed by atoms with Crippen molar-refractivity contribution < 1.29 is 9.59 Å². The van der Waals surface area contributed by atoms with Gasteiger partial charge >= 0.3 is 0 Å². The third-order valence-corrected chi connectivity index (χ3v) is 3.43. The van der Waals surface area contributed by atoms with Crippen LogP contribution in [0, 0.1) is 6.92 Å². The lowest BCUT2D eigenvalue weighted by atomic mass is 10.1. The molecule has 1 aromatic heterocycles. The smallest absolute Gasteiger partial charge is 0.269 e. The lowest BCUT2D eigenvalue weighted by Crippen LogP contribution is -2.45. The van der Waals surface area contributed by atoms with E-state index in [1.165, 1.54) is 0 Å². The highest BCUT2D eigenvalue weighted by Gasteiger charge is 2.18. The van der Waals surface area contributed by atoms with Gasteiger partial charge in [0, 0.05) is 16.4 Å². The van der Waals surface area contributed by atoms with Crippen LogP contribution < -0.4 is 10.6 Å². The normalized spacial score (nSPS) is 11.5. The molecule has 3 N–H and O–H groups in total. The number of rotatable bonds is 3. The van der Waals surface area contributed by atoms with E-state index in [0.29, 0.717) is 5.02 Å². The van der Waals surface area contributed by atoms with E-state index in [2.05, 4.69) is 15.6 Å². The molecule has 0 radical (unpaired) electrons. The lowest BCUT2D eigenvalue weighted by Gasteiger charge is -2.20. The van der Waals surface area contributed by atoms with Gasteiger partial charge in [-0.25, -0.2) is 0 Å². The Kier molecular flexibility index (Phi) is 4.47. The summed E-state index contributed by atoms with van der Waals surface area (Å²) in [6.07, 6.45) is 0. The Hall–Kier alpha value is -2.01.